The van der Waals surface area contributed by atoms with Gasteiger partial charge in [0.1, 0.15) is 29.2 Å². The molecule has 3 rings (SSSR count). The summed E-state index contributed by atoms with van der Waals surface area (Å²) in [7, 11) is 0. The zero-order chi connectivity index (χ0) is 16.6. The predicted molar refractivity (Wildman–Crippen MR) is 79.7 cm³/mol. The minimum atomic E-state index is -0.860. The summed E-state index contributed by atoms with van der Waals surface area (Å²) in [4.78, 5) is 13.1. The van der Waals surface area contributed by atoms with E-state index in [1.807, 2.05) is 11.8 Å². The molecule has 1 aliphatic rings. The van der Waals surface area contributed by atoms with Crippen molar-refractivity contribution in [1.82, 2.24) is 4.90 Å². The molecule has 0 aliphatic carbocycles. The molecular formula is C17H17F2NO3. The number of halogens is 2. The van der Waals surface area contributed by atoms with Gasteiger partial charge in [0.2, 0.25) is 0 Å². The molecule has 1 N–H and O–H groups in total. The highest BCUT2D eigenvalue weighted by Crippen LogP contribution is 2.30. The largest absolute Gasteiger partial charge is 0.480 e. The van der Waals surface area contributed by atoms with E-state index in [4.69, 9.17) is 4.42 Å². The Hall–Kier alpha value is -2.21. The molecule has 122 valence electrons. The van der Waals surface area contributed by atoms with Gasteiger partial charge in [0.15, 0.2) is 0 Å². The number of likely N-dealkylation sites (tertiary alicyclic amines) is 1. The number of nitrogens with zero attached hydrogens (tertiary/aromatic N) is 1. The summed E-state index contributed by atoms with van der Waals surface area (Å²) in [6.07, 6.45) is 1.39. The summed E-state index contributed by atoms with van der Waals surface area (Å²) in [6.45, 7) is 2.26. The van der Waals surface area contributed by atoms with Crippen molar-refractivity contribution in [3.8, 4) is 11.3 Å². The molecule has 1 aromatic heterocycles. The van der Waals surface area contributed by atoms with Gasteiger partial charge in [0, 0.05) is 6.04 Å². The Morgan fingerprint density at radius 2 is 1.96 bits per heavy atom. The van der Waals surface area contributed by atoms with Crippen LogP contribution in [-0.4, -0.2) is 28.1 Å². The second kappa shape index (κ2) is 6.12. The van der Waals surface area contributed by atoms with Gasteiger partial charge in [-0.05, 0) is 44.0 Å². The number of benzene rings is 1. The molecule has 2 atom stereocenters. The van der Waals surface area contributed by atoms with Crippen LogP contribution in [0, 0.1) is 11.6 Å². The fraction of sp³-hybridized carbons (Fsp3) is 0.353. The minimum Gasteiger partial charge on any atom is -0.480 e. The van der Waals surface area contributed by atoms with Gasteiger partial charge in [-0.25, -0.2) is 8.78 Å². The standard InChI is InChI=1S/C17H17F2NO3/c1-10-5-7-14(17(21)22)20(10)9-11-6-8-15(23-11)16-12(18)3-2-4-13(16)19/h2-4,6,8,10,14H,5,7,9H2,1H3,(H,21,22)/t10-,14-/m1/s1. The monoisotopic (exact) mass is 321 g/mol. The molecule has 0 bridgehead atoms. The highest BCUT2D eigenvalue weighted by molar-refractivity contribution is 5.73. The third-order valence-electron chi connectivity index (χ3n) is 4.32. The first-order chi connectivity index (χ1) is 11.0. The molecule has 4 nitrogen and oxygen atoms in total. The summed E-state index contributed by atoms with van der Waals surface area (Å²) in [5.74, 6) is -1.65. The Kier molecular flexibility index (Phi) is 4.17. The lowest BCUT2D eigenvalue weighted by atomic mass is 10.1. The molecular weight excluding hydrogens is 304 g/mol. The number of furan rings is 1. The molecule has 1 aliphatic heterocycles. The van der Waals surface area contributed by atoms with Crippen LogP contribution in [-0.2, 0) is 11.3 Å². The quantitative estimate of drug-likeness (QED) is 0.933. The van der Waals surface area contributed by atoms with Crippen molar-refractivity contribution in [2.75, 3.05) is 0 Å². The Bertz CT molecular complexity index is 708. The van der Waals surface area contributed by atoms with Crippen LogP contribution in [0.4, 0.5) is 8.78 Å². The molecule has 2 aromatic rings. The van der Waals surface area contributed by atoms with Crippen molar-refractivity contribution < 1.29 is 23.1 Å². The van der Waals surface area contributed by atoms with Gasteiger partial charge in [0.05, 0.1) is 12.1 Å². The first-order valence-electron chi connectivity index (χ1n) is 7.49. The molecule has 23 heavy (non-hydrogen) atoms. The van der Waals surface area contributed by atoms with Gasteiger partial charge in [0.25, 0.3) is 0 Å². The summed E-state index contributed by atoms with van der Waals surface area (Å²) >= 11 is 0. The lowest BCUT2D eigenvalue weighted by Crippen LogP contribution is -2.38. The lowest BCUT2D eigenvalue weighted by molar-refractivity contribution is -0.142. The Balaban J connectivity index is 1.84. The Morgan fingerprint density at radius 3 is 2.61 bits per heavy atom. The molecule has 0 amide bonds. The second-order valence-electron chi connectivity index (χ2n) is 5.82. The van der Waals surface area contributed by atoms with Gasteiger partial charge in [-0.3, -0.25) is 9.69 Å². The van der Waals surface area contributed by atoms with Crippen LogP contribution in [0.15, 0.2) is 34.7 Å². The van der Waals surface area contributed by atoms with Crippen LogP contribution in [0.5, 0.6) is 0 Å². The van der Waals surface area contributed by atoms with E-state index in [0.29, 0.717) is 18.7 Å². The number of hydrogen-bond donors (Lipinski definition) is 1. The molecule has 0 spiro atoms. The maximum absolute atomic E-state index is 13.8. The van der Waals surface area contributed by atoms with E-state index in [9.17, 15) is 18.7 Å². The lowest BCUT2D eigenvalue weighted by Gasteiger charge is -2.24. The number of hydrogen-bond acceptors (Lipinski definition) is 3. The topological polar surface area (TPSA) is 53.7 Å². The van der Waals surface area contributed by atoms with Crippen LogP contribution >= 0.6 is 0 Å². The van der Waals surface area contributed by atoms with E-state index in [-0.39, 0.29) is 17.4 Å². The van der Waals surface area contributed by atoms with Crippen molar-refractivity contribution >= 4 is 5.97 Å². The average molecular weight is 321 g/mol. The number of carboxylic acids is 1. The van der Waals surface area contributed by atoms with Crippen molar-refractivity contribution in [3.05, 3.63) is 47.7 Å². The van der Waals surface area contributed by atoms with E-state index >= 15 is 0 Å². The maximum Gasteiger partial charge on any atom is 0.320 e. The zero-order valence-electron chi connectivity index (χ0n) is 12.6. The Labute approximate surface area is 132 Å². The number of rotatable bonds is 4. The number of carboxylic acid groups (broad SMARTS) is 1. The highest BCUT2D eigenvalue weighted by atomic mass is 19.1. The van der Waals surface area contributed by atoms with Crippen molar-refractivity contribution in [1.29, 1.82) is 0 Å². The zero-order valence-corrected chi connectivity index (χ0v) is 12.6. The van der Waals surface area contributed by atoms with Gasteiger partial charge < -0.3 is 9.52 Å². The van der Waals surface area contributed by atoms with Crippen LogP contribution in [0.1, 0.15) is 25.5 Å². The smallest absolute Gasteiger partial charge is 0.320 e. The fourth-order valence-corrected chi connectivity index (χ4v) is 3.08. The van der Waals surface area contributed by atoms with Crippen LogP contribution in [0.3, 0.4) is 0 Å². The molecule has 2 heterocycles. The highest BCUT2D eigenvalue weighted by Gasteiger charge is 2.35. The molecule has 1 aromatic carbocycles. The van der Waals surface area contributed by atoms with E-state index in [1.54, 1.807) is 6.07 Å². The first-order valence-corrected chi connectivity index (χ1v) is 7.49. The van der Waals surface area contributed by atoms with E-state index in [0.717, 1.165) is 6.42 Å². The third kappa shape index (κ3) is 2.99. The van der Waals surface area contributed by atoms with Crippen molar-refractivity contribution in [3.63, 3.8) is 0 Å². The second-order valence-corrected chi connectivity index (χ2v) is 5.82. The SMILES string of the molecule is C[C@@H]1CC[C@H](C(=O)O)N1Cc1ccc(-c2c(F)cccc2F)o1. The third-order valence-corrected chi connectivity index (χ3v) is 4.32. The molecule has 1 fully saturated rings. The first kappa shape index (κ1) is 15.7. The Morgan fingerprint density at radius 1 is 1.26 bits per heavy atom. The van der Waals surface area contributed by atoms with Crippen molar-refractivity contribution in [2.45, 2.75) is 38.4 Å². The summed E-state index contributed by atoms with van der Waals surface area (Å²) in [5.41, 5.74) is -0.206. The van der Waals surface area contributed by atoms with Gasteiger partial charge in [-0.2, -0.15) is 0 Å². The van der Waals surface area contributed by atoms with Gasteiger partial charge in [-0.15, -0.1) is 0 Å². The molecule has 6 heteroatoms. The minimum absolute atomic E-state index is 0.106. The molecule has 0 saturated carbocycles. The average Bonchev–Trinajstić information content (AvgIpc) is 3.07. The van der Waals surface area contributed by atoms with E-state index < -0.39 is 23.6 Å². The summed E-state index contributed by atoms with van der Waals surface area (Å²) in [6, 6.07) is 6.34. The maximum atomic E-state index is 13.8. The van der Waals surface area contributed by atoms with Gasteiger partial charge in [-0.1, -0.05) is 6.07 Å². The molecule has 0 unspecified atom stereocenters. The van der Waals surface area contributed by atoms with Crippen LogP contribution in [0.2, 0.25) is 0 Å². The number of carbonyl (C=O) groups is 1. The van der Waals surface area contributed by atoms with E-state index in [1.165, 1.54) is 24.3 Å². The fourth-order valence-electron chi connectivity index (χ4n) is 3.08. The van der Waals surface area contributed by atoms with Gasteiger partial charge >= 0.3 is 5.97 Å². The van der Waals surface area contributed by atoms with Crippen LogP contribution in [0.25, 0.3) is 11.3 Å². The van der Waals surface area contributed by atoms with Crippen molar-refractivity contribution in [2.24, 2.45) is 0 Å². The normalized spacial score (nSPS) is 21.7. The van der Waals surface area contributed by atoms with E-state index in [2.05, 4.69) is 0 Å². The number of aliphatic carboxylic acids is 1. The summed E-state index contributed by atoms with van der Waals surface area (Å²) in [5, 5.41) is 9.26. The molecule has 0 radical (unpaired) electrons. The van der Waals surface area contributed by atoms with Crippen LogP contribution < -0.4 is 0 Å². The predicted octanol–water partition coefficient (Wildman–Crippen LogP) is 3.66. The molecule has 1 saturated heterocycles. The summed E-state index contributed by atoms with van der Waals surface area (Å²) < 4.78 is 33.1.